The highest BCUT2D eigenvalue weighted by Gasteiger charge is 2.41. The average Bonchev–Trinajstić information content (AvgIpc) is 3.16. The normalized spacial score (nSPS) is 20.0. The van der Waals surface area contributed by atoms with Crippen molar-refractivity contribution >= 4 is 17.2 Å². The number of aromatic nitrogens is 3. The number of benzene rings is 1. The van der Waals surface area contributed by atoms with Crippen molar-refractivity contribution in [2.75, 3.05) is 0 Å². The van der Waals surface area contributed by atoms with Gasteiger partial charge in [-0.25, -0.2) is 13.9 Å². The standard InChI is InChI=1S/C16H10ClFN4/c17-15-7-14(16-20-1-2-22(16)21-15)13-6-12(13)10-3-9(8-19)4-11(18)5-10/h1-5,7,12-13H,6H2/t12-,13?/m1/s1. The van der Waals surface area contributed by atoms with Gasteiger partial charge in [0.25, 0.3) is 0 Å². The van der Waals surface area contributed by atoms with Crippen LogP contribution in [-0.4, -0.2) is 14.6 Å². The van der Waals surface area contributed by atoms with Gasteiger partial charge in [0, 0.05) is 18.0 Å². The summed E-state index contributed by atoms with van der Waals surface area (Å²) in [6.45, 7) is 0. The van der Waals surface area contributed by atoms with Crippen LogP contribution < -0.4 is 0 Å². The van der Waals surface area contributed by atoms with Gasteiger partial charge in [0.05, 0.1) is 11.6 Å². The first kappa shape index (κ1) is 13.2. The Morgan fingerprint density at radius 3 is 2.95 bits per heavy atom. The highest BCUT2D eigenvalue weighted by Crippen LogP contribution is 2.55. The Hall–Kier alpha value is -2.45. The second-order valence-electron chi connectivity index (χ2n) is 5.45. The number of nitriles is 1. The first-order valence-electron chi connectivity index (χ1n) is 6.86. The molecule has 2 aromatic heterocycles. The van der Waals surface area contributed by atoms with Crippen LogP contribution in [0.4, 0.5) is 4.39 Å². The molecule has 0 N–H and O–H groups in total. The molecule has 2 heterocycles. The van der Waals surface area contributed by atoms with E-state index >= 15 is 0 Å². The number of rotatable bonds is 2. The quantitative estimate of drug-likeness (QED) is 0.725. The number of hydrogen-bond donors (Lipinski definition) is 0. The van der Waals surface area contributed by atoms with E-state index in [2.05, 4.69) is 10.1 Å². The van der Waals surface area contributed by atoms with Gasteiger partial charge in [0.15, 0.2) is 5.65 Å². The van der Waals surface area contributed by atoms with Crippen molar-refractivity contribution in [1.29, 1.82) is 5.26 Å². The Balaban J connectivity index is 1.73. The predicted molar refractivity (Wildman–Crippen MR) is 79.2 cm³/mol. The average molecular weight is 313 g/mol. The first-order chi connectivity index (χ1) is 10.7. The lowest BCUT2D eigenvalue weighted by molar-refractivity contribution is 0.625. The van der Waals surface area contributed by atoms with Crippen LogP contribution in [0.2, 0.25) is 5.15 Å². The van der Waals surface area contributed by atoms with Gasteiger partial charge in [-0.15, -0.1) is 0 Å². The van der Waals surface area contributed by atoms with E-state index in [1.54, 1.807) is 23.0 Å². The number of imidazole rings is 1. The second-order valence-corrected chi connectivity index (χ2v) is 5.84. The minimum atomic E-state index is -0.376. The van der Waals surface area contributed by atoms with E-state index in [1.165, 1.54) is 12.1 Å². The van der Waals surface area contributed by atoms with Crippen LogP contribution in [-0.2, 0) is 0 Å². The number of nitrogens with zero attached hydrogens (tertiary/aromatic N) is 4. The summed E-state index contributed by atoms with van der Waals surface area (Å²) in [6.07, 6.45) is 4.31. The third-order valence-corrected chi connectivity index (χ3v) is 4.21. The van der Waals surface area contributed by atoms with Crippen molar-refractivity contribution < 1.29 is 4.39 Å². The molecule has 22 heavy (non-hydrogen) atoms. The maximum Gasteiger partial charge on any atom is 0.157 e. The summed E-state index contributed by atoms with van der Waals surface area (Å²) >= 11 is 6.06. The maximum absolute atomic E-state index is 13.6. The highest BCUT2D eigenvalue weighted by molar-refractivity contribution is 6.29. The molecule has 1 saturated carbocycles. The molecule has 3 aromatic rings. The van der Waals surface area contributed by atoms with E-state index in [0.29, 0.717) is 10.7 Å². The zero-order valence-electron chi connectivity index (χ0n) is 11.4. The van der Waals surface area contributed by atoms with Crippen molar-refractivity contribution in [1.82, 2.24) is 14.6 Å². The molecule has 0 radical (unpaired) electrons. The summed E-state index contributed by atoms with van der Waals surface area (Å²) < 4.78 is 15.3. The lowest BCUT2D eigenvalue weighted by Crippen LogP contribution is -1.97. The molecule has 4 rings (SSSR count). The maximum atomic E-state index is 13.6. The third-order valence-electron chi connectivity index (χ3n) is 4.03. The fourth-order valence-corrected chi connectivity index (χ4v) is 3.18. The molecule has 108 valence electrons. The molecule has 1 unspecified atom stereocenters. The van der Waals surface area contributed by atoms with Crippen molar-refractivity contribution in [2.24, 2.45) is 0 Å². The Kier molecular flexibility index (Phi) is 2.88. The van der Waals surface area contributed by atoms with Gasteiger partial charge in [-0.3, -0.25) is 0 Å². The molecule has 0 aliphatic heterocycles. The second kappa shape index (κ2) is 4.79. The fraction of sp³-hybridized carbons (Fsp3) is 0.188. The van der Waals surface area contributed by atoms with Gasteiger partial charge in [0.1, 0.15) is 11.0 Å². The lowest BCUT2D eigenvalue weighted by atomic mass is 10.0. The molecular weight excluding hydrogens is 303 g/mol. The fourth-order valence-electron chi connectivity index (χ4n) is 2.98. The van der Waals surface area contributed by atoms with Gasteiger partial charge in [-0.05, 0) is 48.1 Å². The van der Waals surface area contributed by atoms with Crippen molar-refractivity contribution in [2.45, 2.75) is 18.3 Å². The van der Waals surface area contributed by atoms with E-state index in [0.717, 1.165) is 23.2 Å². The first-order valence-corrected chi connectivity index (χ1v) is 7.24. The van der Waals surface area contributed by atoms with Gasteiger partial charge in [0.2, 0.25) is 0 Å². The lowest BCUT2D eigenvalue weighted by Gasteiger charge is -2.05. The molecule has 0 saturated heterocycles. The van der Waals surface area contributed by atoms with Gasteiger partial charge < -0.3 is 0 Å². The number of halogens is 2. The van der Waals surface area contributed by atoms with Crippen LogP contribution in [0.25, 0.3) is 5.65 Å². The molecule has 0 bridgehead atoms. The van der Waals surface area contributed by atoms with Crippen molar-refractivity contribution in [3.05, 3.63) is 64.3 Å². The minimum absolute atomic E-state index is 0.182. The molecule has 1 aliphatic carbocycles. The van der Waals surface area contributed by atoms with E-state index in [1.807, 2.05) is 12.1 Å². The molecule has 1 aromatic carbocycles. The molecule has 1 aliphatic rings. The van der Waals surface area contributed by atoms with E-state index in [4.69, 9.17) is 16.9 Å². The van der Waals surface area contributed by atoms with Gasteiger partial charge in [-0.1, -0.05) is 11.6 Å². The van der Waals surface area contributed by atoms with Crippen molar-refractivity contribution in [3.63, 3.8) is 0 Å². The van der Waals surface area contributed by atoms with Crippen LogP contribution >= 0.6 is 11.6 Å². The van der Waals surface area contributed by atoms with Crippen LogP contribution in [0.15, 0.2) is 36.7 Å². The molecule has 6 heteroatoms. The zero-order chi connectivity index (χ0) is 15.3. The third kappa shape index (κ3) is 2.13. The number of hydrogen-bond acceptors (Lipinski definition) is 3. The Morgan fingerprint density at radius 1 is 1.27 bits per heavy atom. The number of fused-ring (bicyclic) bond motifs is 1. The van der Waals surface area contributed by atoms with Crippen LogP contribution in [0, 0.1) is 17.1 Å². The Morgan fingerprint density at radius 2 is 2.14 bits per heavy atom. The molecule has 0 amide bonds. The summed E-state index contributed by atoms with van der Waals surface area (Å²) in [4.78, 5) is 4.32. The Bertz CT molecular complexity index is 928. The smallest absolute Gasteiger partial charge is 0.157 e. The largest absolute Gasteiger partial charge is 0.235 e. The summed E-state index contributed by atoms with van der Waals surface area (Å²) in [7, 11) is 0. The van der Waals surface area contributed by atoms with Gasteiger partial charge in [-0.2, -0.15) is 10.4 Å². The van der Waals surface area contributed by atoms with E-state index in [-0.39, 0.29) is 17.7 Å². The summed E-state index contributed by atoms with van der Waals surface area (Å²) in [5.41, 5.74) is 2.98. The molecule has 4 nitrogen and oxygen atoms in total. The minimum Gasteiger partial charge on any atom is -0.235 e. The van der Waals surface area contributed by atoms with Crippen LogP contribution in [0.5, 0.6) is 0 Å². The predicted octanol–water partition coefficient (Wildman–Crippen LogP) is 3.66. The summed E-state index contributed by atoms with van der Waals surface area (Å²) in [5.74, 6) is 0.0268. The summed E-state index contributed by atoms with van der Waals surface area (Å²) in [6, 6.07) is 8.30. The molecule has 0 spiro atoms. The van der Waals surface area contributed by atoms with Crippen LogP contribution in [0.3, 0.4) is 0 Å². The topological polar surface area (TPSA) is 54.0 Å². The van der Waals surface area contributed by atoms with E-state index < -0.39 is 0 Å². The molecule has 1 fully saturated rings. The monoisotopic (exact) mass is 312 g/mol. The van der Waals surface area contributed by atoms with Gasteiger partial charge >= 0.3 is 0 Å². The van der Waals surface area contributed by atoms with E-state index in [9.17, 15) is 4.39 Å². The van der Waals surface area contributed by atoms with Crippen LogP contribution in [0.1, 0.15) is 34.9 Å². The zero-order valence-corrected chi connectivity index (χ0v) is 12.1. The SMILES string of the molecule is N#Cc1cc(F)cc([C@H]2CC2c2cc(Cl)nn3ccnc23)c1. The highest BCUT2D eigenvalue weighted by atomic mass is 35.5. The summed E-state index contributed by atoms with van der Waals surface area (Å²) in [5, 5.41) is 13.5. The molecular formula is C16H10ClFN4. The Labute approximate surface area is 130 Å². The van der Waals surface area contributed by atoms with Crippen molar-refractivity contribution in [3.8, 4) is 6.07 Å². The molecule has 2 atom stereocenters.